The molecule has 6 heteroatoms. The zero-order valence-electron chi connectivity index (χ0n) is 12.9. The minimum atomic E-state index is -0.189. The summed E-state index contributed by atoms with van der Waals surface area (Å²) in [4.78, 5) is 11.9. The lowest BCUT2D eigenvalue weighted by atomic mass is 10.1. The van der Waals surface area contributed by atoms with Crippen LogP contribution in [0.2, 0.25) is 0 Å². The number of hydrazone groups is 1. The summed E-state index contributed by atoms with van der Waals surface area (Å²) in [6.07, 6.45) is 1.79. The van der Waals surface area contributed by atoms with Crippen molar-refractivity contribution in [2.45, 2.75) is 6.42 Å². The lowest BCUT2D eigenvalue weighted by Crippen LogP contribution is -2.19. The summed E-state index contributed by atoms with van der Waals surface area (Å²) in [5.74, 6) is 1.15. The van der Waals surface area contributed by atoms with Crippen molar-refractivity contribution in [2.24, 2.45) is 5.10 Å². The first-order valence-corrected chi connectivity index (χ1v) is 7.70. The third-order valence-corrected chi connectivity index (χ3v) is 3.64. The molecule has 0 bridgehead atoms. The Morgan fingerprint density at radius 2 is 1.91 bits per heavy atom. The number of nitrogens with zero attached hydrogens (tertiary/aromatic N) is 1. The Morgan fingerprint density at radius 1 is 1.17 bits per heavy atom. The van der Waals surface area contributed by atoms with Crippen molar-refractivity contribution in [3.63, 3.8) is 0 Å². The van der Waals surface area contributed by atoms with Gasteiger partial charge in [0.25, 0.3) is 0 Å². The van der Waals surface area contributed by atoms with Crippen molar-refractivity contribution in [2.75, 3.05) is 14.2 Å². The molecule has 0 saturated heterocycles. The quantitative estimate of drug-likeness (QED) is 0.622. The van der Waals surface area contributed by atoms with E-state index in [1.807, 2.05) is 24.3 Å². The molecule has 120 valence electrons. The van der Waals surface area contributed by atoms with Gasteiger partial charge in [0.15, 0.2) is 0 Å². The fourth-order valence-electron chi connectivity index (χ4n) is 1.94. The van der Waals surface area contributed by atoms with Crippen LogP contribution < -0.4 is 14.9 Å². The third-order valence-electron chi connectivity index (χ3n) is 3.11. The van der Waals surface area contributed by atoms with Gasteiger partial charge in [-0.25, -0.2) is 5.43 Å². The van der Waals surface area contributed by atoms with E-state index in [1.54, 1.807) is 32.4 Å². The lowest BCUT2D eigenvalue weighted by Gasteiger charge is -2.06. The normalized spacial score (nSPS) is 10.6. The Labute approximate surface area is 143 Å². The molecular formula is C17H17BrN2O3. The van der Waals surface area contributed by atoms with Gasteiger partial charge in [-0.2, -0.15) is 5.10 Å². The van der Waals surface area contributed by atoms with Gasteiger partial charge in [-0.3, -0.25) is 4.79 Å². The molecule has 0 aliphatic heterocycles. The van der Waals surface area contributed by atoms with Crippen LogP contribution in [0.3, 0.4) is 0 Å². The van der Waals surface area contributed by atoms with Crippen molar-refractivity contribution in [3.8, 4) is 11.5 Å². The van der Waals surface area contributed by atoms with Gasteiger partial charge in [0.1, 0.15) is 11.5 Å². The fraction of sp³-hybridized carbons (Fsp3) is 0.176. The van der Waals surface area contributed by atoms with Crippen LogP contribution >= 0.6 is 15.9 Å². The number of hydrogen-bond acceptors (Lipinski definition) is 4. The molecule has 0 spiro atoms. The molecule has 0 saturated carbocycles. The van der Waals surface area contributed by atoms with Gasteiger partial charge in [0.05, 0.1) is 26.9 Å². The summed E-state index contributed by atoms with van der Waals surface area (Å²) in [7, 11) is 3.16. The molecule has 23 heavy (non-hydrogen) atoms. The van der Waals surface area contributed by atoms with E-state index in [1.165, 1.54) is 6.21 Å². The molecule has 0 radical (unpaired) electrons. The van der Waals surface area contributed by atoms with Crippen molar-refractivity contribution >= 4 is 28.1 Å². The molecule has 0 fully saturated rings. The summed E-state index contributed by atoms with van der Waals surface area (Å²) in [5.41, 5.74) is 4.14. The molecule has 0 aromatic heterocycles. The number of rotatable bonds is 6. The van der Waals surface area contributed by atoms with Gasteiger partial charge in [0, 0.05) is 10.0 Å². The van der Waals surface area contributed by atoms with Gasteiger partial charge in [0.2, 0.25) is 5.91 Å². The van der Waals surface area contributed by atoms with Crippen LogP contribution in [0.15, 0.2) is 52.0 Å². The van der Waals surface area contributed by atoms with E-state index in [2.05, 4.69) is 26.5 Å². The first-order chi connectivity index (χ1) is 11.1. The van der Waals surface area contributed by atoms with Crippen LogP contribution in [0.25, 0.3) is 0 Å². The minimum Gasteiger partial charge on any atom is -0.497 e. The Bertz CT molecular complexity index is 699. The summed E-state index contributed by atoms with van der Waals surface area (Å²) >= 11 is 3.36. The molecule has 0 aliphatic carbocycles. The highest BCUT2D eigenvalue weighted by atomic mass is 79.9. The number of methoxy groups -OCH3 is 2. The molecule has 5 nitrogen and oxygen atoms in total. The minimum absolute atomic E-state index is 0.189. The highest BCUT2D eigenvalue weighted by Gasteiger charge is 2.04. The Balaban J connectivity index is 1.98. The third kappa shape index (κ3) is 5.10. The monoisotopic (exact) mass is 376 g/mol. The predicted octanol–water partition coefficient (Wildman–Crippen LogP) is 3.16. The zero-order chi connectivity index (χ0) is 16.7. The molecule has 2 aromatic carbocycles. The number of nitrogens with one attached hydrogen (secondary N) is 1. The van der Waals surface area contributed by atoms with E-state index >= 15 is 0 Å². The molecule has 2 aromatic rings. The summed E-state index contributed by atoms with van der Waals surface area (Å²) < 4.78 is 11.4. The fourth-order valence-corrected chi connectivity index (χ4v) is 2.21. The predicted molar refractivity (Wildman–Crippen MR) is 93.1 cm³/mol. The second-order valence-electron chi connectivity index (χ2n) is 4.70. The van der Waals surface area contributed by atoms with E-state index in [0.29, 0.717) is 11.5 Å². The molecule has 2 rings (SSSR count). The number of halogens is 1. The Morgan fingerprint density at radius 3 is 2.57 bits per heavy atom. The van der Waals surface area contributed by atoms with Crippen LogP contribution in [0.4, 0.5) is 0 Å². The molecule has 1 N–H and O–H groups in total. The van der Waals surface area contributed by atoms with E-state index in [4.69, 9.17) is 9.47 Å². The average Bonchev–Trinajstić information content (AvgIpc) is 2.57. The van der Waals surface area contributed by atoms with Crippen LogP contribution in [0, 0.1) is 0 Å². The number of hydrogen-bond donors (Lipinski definition) is 1. The highest BCUT2D eigenvalue weighted by molar-refractivity contribution is 9.10. The summed E-state index contributed by atoms with van der Waals surface area (Å²) in [6.45, 7) is 0. The molecular weight excluding hydrogens is 360 g/mol. The Kier molecular flexibility index (Phi) is 6.17. The van der Waals surface area contributed by atoms with Crippen molar-refractivity contribution < 1.29 is 14.3 Å². The average molecular weight is 377 g/mol. The van der Waals surface area contributed by atoms with Crippen LogP contribution in [0.5, 0.6) is 11.5 Å². The van der Waals surface area contributed by atoms with Crippen molar-refractivity contribution in [3.05, 3.63) is 58.1 Å². The maximum Gasteiger partial charge on any atom is 0.244 e. The van der Waals surface area contributed by atoms with Gasteiger partial charge in [-0.1, -0.05) is 28.1 Å². The maximum absolute atomic E-state index is 11.9. The van der Waals surface area contributed by atoms with Crippen LogP contribution in [0.1, 0.15) is 11.1 Å². The second-order valence-corrected chi connectivity index (χ2v) is 5.62. The largest absolute Gasteiger partial charge is 0.497 e. The lowest BCUT2D eigenvalue weighted by molar-refractivity contribution is -0.120. The van der Waals surface area contributed by atoms with Gasteiger partial charge in [-0.15, -0.1) is 0 Å². The Hall–Kier alpha value is -2.34. The molecule has 1 amide bonds. The smallest absolute Gasteiger partial charge is 0.244 e. The first kappa shape index (κ1) is 17.0. The van der Waals surface area contributed by atoms with Gasteiger partial charge >= 0.3 is 0 Å². The van der Waals surface area contributed by atoms with Crippen molar-refractivity contribution in [1.82, 2.24) is 5.43 Å². The van der Waals surface area contributed by atoms with Gasteiger partial charge < -0.3 is 9.47 Å². The zero-order valence-corrected chi connectivity index (χ0v) is 14.5. The standard InChI is InChI=1S/C17H17BrN2O3/c1-22-15-7-8-16(23-2)13(10-15)11-19-20-17(21)9-12-3-5-14(18)6-4-12/h3-8,10-11H,9H2,1-2H3,(H,20,21)/b19-11-. The maximum atomic E-state index is 11.9. The van der Waals surface area contributed by atoms with Crippen molar-refractivity contribution in [1.29, 1.82) is 0 Å². The highest BCUT2D eigenvalue weighted by Crippen LogP contribution is 2.22. The molecule has 0 heterocycles. The van der Waals surface area contributed by atoms with Crippen LogP contribution in [-0.2, 0) is 11.2 Å². The SMILES string of the molecule is COc1ccc(OC)c(/C=N\NC(=O)Cc2ccc(Br)cc2)c1. The van der Waals surface area contributed by atoms with E-state index in [9.17, 15) is 4.79 Å². The molecule has 0 atom stereocenters. The number of amides is 1. The summed E-state index contributed by atoms with van der Waals surface area (Å²) in [6, 6.07) is 12.9. The second kappa shape index (κ2) is 8.33. The molecule has 0 aliphatic rings. The van der Waals surface area contributed by atoms with Gasteiger partial charge in [-0.05, 0) is 35.9 Å². The summed E-state index contributed by atoms with van der Waals surface area (Å²) in [5, 5.41) is 3.97. The number of carbonyl (C=O) groups is 1. The number of benzene rings is 2. The van der Waals surface area contributed by atoms with Crippen LogP contribution in [-0.4, -0.2) is 26.3 Å². The number of carbonyl (C=O) groups excluding carboxylic acids is 1. The topological polar surface area (TPSA) is 59.9 Å². The number of ether oxygens (including phenoxy) is 2. The van der Waals surface area contributed by atoms with E-state index in [0.717, 1.165) is 15.6 Å². The molecule has 0 unspecified atom stereocenters. The van der Waals surface area contributed by atoms with E-state index in [-0.39, 0.29) is 12.3 Å². The first-order valence-electron chi connectivity index (χ1n) is 6.90. The van der Waals surface area contributed by atoms with E-state index < -0.39 is 0 Å².